The van der Waals surface area contributed by atoms with Crippen molar-refractivity contribution in [2.75, 3.05) is 13.1 Å². The summed E-state index contributed by atoms with van der Waals surface area (Å²) in [7, 11) is 0. The number of likely N-dealkylation sites (tertiary alicyclic amines) is 1. The van der Waals surface area contributed by atoms with Crippen LogP contribution in [0.25, 0.3) is 0 Å². The van der Waals surface area contributed by atoms with E-state index in [-0.39, 0.29) is 23.2 Å². The second kappa shape index (κ2) is 7.43. The molecular formula is C24H27FN2O2. The van der Waals surface area contributed by atoms with E-state index in [0.29, 0.717) is 37.0 Å². The van der Waals surface area contributed by atoms with Crippen LogP contribution in [0.4, 0.5) is 4.39 Å². The number of hydrogen-bond donors (Lipinski definition) is 0. The Hall–Kier alpha value is -2.43. The third kappa shape index (κ3) is 3.41. The van der Waals surface area contributed by atoms with Crippen LogP contribution in [0.5, 0.6) is 0 Å². The molecule has 1 aromatic carbocycles. The summed E-state index contributed by atoms with van der Waals surface area (Å²) in [6.07, 6.45) is 7.24. The van der Waals surface area contributed by atoms with Crippen LogP contribution in [0.1, 0.15) is 72.0 Å². The van der Waals surface area contributed by atoms with Gasteiger partial charge in [-0.25, -0.2) is 4.39 Å². The van der Waals surface area contributed by atoms with Crippen molar-refractivity contribution in [3.05, 3.63) is 69.4 Å². The molecule has 2 aromatic rings. The number of piperidine rings is 1. The van der Waals surface area contributed by atoms with Crippen LogP contribution in [0.15, 0.2) is 41.2 Å². The fraction of sp³-hybridized carbons (Fsp3) is 0.500. The lowest BCUT2D eigenvalue weighted by atomic mass is 9.76. The van der Waals surface area contributed by atoms with Gasteiger partial charge in [0.1, 0.15) is 5.82 Å². The van der Waals surface area contributed by atoms with E-state index in [1.54, 1.807) is 18.2 Å². The Labute approximate surface area is 170 Å². The predicted molar refractivity (Wildman–Crippen MR) is 110 cm³/mol. The van der Waals surface area contributed by atoms with E-state index in [1.165, 1.54) is 55.5 Å². The molecule has 0 radical (unpaired) electrons. The lowest BCUT2D eigenvalue weighted by Crippen LogP contribution is -2.49. The Bertz CT molecular complexity index is 975. The van der Waals surface area contributed by atoms with Crippen molar-refractivity contribution in [1.29, 1.82) is 0 Å². The summed E-state index contributed by atoms with van der Waals surface area (Å²) in [5, 5.41) is 0. The van der Waals surface area contributed by atoms with Gasteiger partial charge >= 0.3 is 0 Å². The van der Waals surface area contributed by atoms with Gasteiger partial charge in [0.2, 0.25) is 0 Å². The van der Waals surface area contributed by atoms with E-state index < -0.39 is 0 Å². The molecule has 1 amide bonds. The standard InChI is InChI=1S/C24H27FN2O2/c25-20-8-6-18(7-9-20)24(29)26-13-16-12-19(15-26)23-21(17-4-2-1-3-5-17)10-11-22(28)27(23)14-16/h6-11,16-17,19H,1-5,12-15H2. The van der Waals surface area contributed by atoms with E-state index in [1.807, 2.05) is 9.47 Å². The van der Waals surface area contributed by atoms with Crippen molar-refractivity contribution in [3.8, 4) is 0 Å². The second-order valence-electron chi connectivity index (χ2n) is 8.97. The van der Waals surface area contributed by atoms with Crippen molar-refractivity contribution in [1.82, 2.24) is 9.47 Å². The molecule has 1 saturated carbocycles. The maximum atomic E-state index is 13.2. The highest BCUT2D eigenvalue weighted by molar-refractivity contribution is 5.94. The normalized spacial score (nSPS) is 24.2. The maximum Gasteiger partial charge on any atom is 0.253 e. The molecule has 3 aliphatic rings. The monoisotopic (exact) mass is 394 g/mol. The number of hydrogen-bond acceptors (Lipinski definition) is 2. The highest BCUT2D eigenvalue weighted by Crippen LogP contribution is 2.42. The smallest absolute Gasteiger partial charge is 0.253 e. The SMILES string of the molecule is O=C(c1ccc(F)cc1)N1CC2CC(C1)c1c(C3CCCCC3)ccc(=O)n1C2. The van der Waals surface area contributed by atoms with Gasteiger partial charge in [0.25, 0.3) is 11.5 Å². The maximum absolute atomic E-state index is 13.2. The number of carbonyl (C=O) groups is 1. The number of pyridine rings is 1. The van der Waals surface area contributed by atoms with E-state index in [2.05, 4.69) is 6.07 Å². The summed E-state index contributed by atoms with van der Waals surface area (Å²) in [5.74, 6) is 0.668. The van der Waals surface area contributed by atoms with Crippen LogP contribution in [0, 0.1) is 11.7 Å². The Morgan fingerprint density at radius 1 is 0.897 bits per heavy atom. The molecule has 4 nitrogen and oxygen atoms in total. The van der Waals surface area contributed by atoms with Gasteiger partial charge in [0.15, 0.2) is 0 Å². The number of benzene rings is 1. The Morgan fingerprint density at radius 2 is 1.66 bits per heavy atom. The van der Waals surface area contributed by atoms with Crippen molar-refractivity contribution >= 4 is 5.91 Å². The minimum absolute atomic E-state index is 0.0364. The third-order valence-corrected chi connectivity index (χ3v) is 7.05. The molecule has 5 heteroatoms. The largest absolute Gasteiger partial charge is 0.338 e. The average Bonchev–Trinajstić information content (AvgIpc) is 2.75. The van der Waals surface area contributed by atoms with E-state index in [0.717, 1.165) is 6.42 Å². The third-order valence-electron chi connectivity index (χ3n) is 7.05. The van der Waals surface area contributed by atoms with Gasteiger partial charge in [-0.05, 0) is 60.9 Å². The molecule has 152 valence electrons. The van der Waals surface area contributed by atoms with Crippen LogP contribution >= 0.6 is 0 Å². The number of fused-ring (bicyclic) bond motifs is 4. The zero-order valence-electron chi connectivity index (χ0n) is 16.6. The van der Waals surface area contributed by atoms with Crippen LogP contribution in [-0.2, 0) is 6.54 Å². The molecule has 1 aliphatic carbocycles. The highest BCUT2D eigenvalue weighted by Gasteiger charge is 2.38. The molecule has 5 rings (SSSR count). The first-order valence-corrected chi connectivity index (χ1v) is 10.9. The lowest BCUT2D eigenvalue weighted by molar-refractivity contribution is 0.0592. The van der Waals surface area contributed by atoms with Gasteiger partial charge in [-0.2, -0.15) is 0 Å². The predicted octanol–water partition coefficient (Wildman–Crippen LogP) is 4.29. The Morgan fingerprint density at radius 3 is 2.41 bits per heavy atom. The molecule has 2 unspecified atom stereocenters. The van der Waals surface area contributed by atoms with Gasteiger partial charge < -0.3 is 9.47 Å². The fourth-order valence-electron chi connectivity index (χ4n) is 5.75. The van der Waals surface area contributed by atoms with E-state index in [9.17, 15) is 14.0 Å². The summed E-state index contributed by atoms with van der Waals surface area (Å²) in [6, 6.07) is 9.62. The van der Waals surface area contributed by atoms with E-state index >= 15 is 0 Å². The average molecular weight is 394 g/mol. The van der Waals surface area contributed by atoms with Gasteiger partial charge in [0, 0.05) is 42.9 Å². The minimum atomic E-state index is -0.331. The van der Waals surface area contributed by atoms with Crippen molar-refractivity contribution < 1.29 is 9.18 Å². The van der Waals surface area contributed by atoms with Gasteiger partial charge in [-0.1, -0.05) is 25.3 Å². The zero-order valence-corrected chi connectivity index (χ0v) is 16.6. The minimum Gasteiger partial charge on any atom is -0.338 e. The van der Waals surface area contributed by atoms with Crippen LogP contribution < -0.4 is 5.56 Å². The number of halogens is 1. The molecule has 2 aliphatic heterocycles. The summed E-state index contributed by atoms with van der Waals surface area (Å²) in [6.45, 7) is 1.99. The quantitative estimate of drug-likeness (QED) is 0.762. The first-order valence-electron chi connectivity index (χ1n) is 10.9. The second-order valence-corrected chi connectivity index (χ2v) is 8.97. The highest BCUT2D eigenvalue weighted by atomic mass is 19.1. The molecular weight excluding hydrogens is 367 g/mol. The van der Waals surface area contributed by atoms with Crippen LogP contribution in [0.3, 0.4) is 0 Å². The molecule has 3 heterocycles. The number of amides is 1. The fourth-order valence-corrected chi connectivity index (χ4v) is 5.75. The lowest BCUT2D eigenvalue weighted by Gasteiger charge is -2.44. The Kier molecular flexibility index (Phi) is 4.76. The molecule has 0 spiro atoms. The van der Waals surface area contributed by atoms with Crippen LogP contribution in [-0.4, -0.2) is 28.5 Å². The molecule has 1 saturated heterocycles. The summed E-state index contributed by atoms with van der Waals surface area (Å²) in [4.78, 5) is 27.6. The van der Waals surface area contributed by atoms with Gasteiger partial charge in [0.05, 0.1) is 0 Å². The number of carbonyl (C=O) groups excluding carboxylic acids is 1. The number of rotatable bonds is 2. The number of nitrogens with zero attached hydrogens (tertiary/aromatic N) is 2. The topological polar surface area (TPSA) is 42.3 Å². The molecule has 1 aromatic heterocycles. The summed E-state index contributed by atoms with van der Waals surface area (Å²) in [5.41, 5.74) is 3.14. The first-order chi connectivity index (χ1) is 14.1. The summed E-state index contributed by atoms with van der Waals surface area (Å²) < 4.78 is 15.2. The molecule has 2 atom stereocenters. The molecule has 29 heavy (non-hydrogen) atoms. The summed E-state index contributed by atoms with van der Waals surface area (Å²) >= 11 is 0. The Balaban J connectivity index is 1.47. The first kappa shape index (κ1) is 18.6. The van der Waals surface area contributed by atoms with Crippen molar-refractivity contribution in [2.24, 2.45) is 5.92 Å². The molecule has 0 N–H and O–H groups in total. The van der Waals surface area contributed by atoms with E-state index in [4.69, 9.17) is 0 Å². The molecule has 2 fully saturated rings. The van der Waals surface area contributed by atoms with Crippen molar-refractivity contribution in [3.63, 3.8) is 0 Å². The number of aromatic nitrogens is 1. The zero-order chi connectivity index (χ0) is 20.0. The van der Waals surface area contributed by atoms with Gasteiger partial charge in [-0.3, -0.25) is 9.59 Å². The van der Waals surface area contributed by atoms with Crippen molar-refractivity contribution in [2.45, 2.75) is 56.9 Å². The van der Waals surface area contributed by atoms with Crippen LogP contribution in [0.2, 0.25) is 0 Å². The van der Waals surface area contributed by atoms with Gasteiger partial charge in [-0.15, -0.1) is 0 Å². The molecule has 2 bridgehead atoms.